The van der Waals surface area contributed by atoms with Crippen molar-refractivity contribution in [3.63, 3.8) is 0 Å². The fraction of sp³-hybridized carbons (Fsp3) is 0.265. The number of carbonyl (C=O) groups is 2. The molecule has 1 atom stereocenters. The first-order valence-electron chi connectivity index (χ1n) is 14.0. The highest BCUT2D eigenvalue weighted by Gasteiger charge is 2.37. The minimum atomic E-state index is -1.22. The van der Waals surface area contributed by atoms with Crippen LogP contribution in [0.3, 0.4) is 0 Å². The lowest BCUT2D eigenvalue weighted by Gasteiger charge is -2.32. The lowest BCUT2D eigenvalue weighted by Crippen LogP contribution is -2.47. The minimum absolute atomic E-state index is 0.00866. The van der Waals surface area contributed by atoms with Crippen LogP contribution in [0, 0.1) is 6.92 Å². The molecule has 1 heterocycles. The highest BCUT2D eigenvalue weighted by molar-refractivity contribution is 6.10. The van der Waals surface area contributed by atoms with E-state index < -0.39 is 17.4 Å². The Hall–Kier alpha value is -4.65. The molecule has 7 nitrogen and oxygen atoms in total. The fourth-order valence-corrected chi connectivity index (χ4v) is 5.11. The summed E-state index contributed by atoms with van der Waals surface area (Å²) in [4.78, 5) is 42.7. The third kappa shape index (κ3) is 6.92. The average Bonchev–Trinajstić information content (AvgIpc) is 3.01. The van der Waals surface area contributed by atoms with Crippen molar-refractivity contribution >= 4 is 17.5 Å². The highest BCUT2D eigenvalue weighted by Crippen LogP contribution is 2.31. The fourth-order valence-electron chi connectivity index (χ4n) is 5.11. The van der Waals surface area contributed by atoms with E-state index in [9.17, 15) is 14.4 Å². The molecule has 1 saturated carbocycles. The third-order valence-electron chi connectivity index (χ3n) is 7.33. The monoisotopic (exact) mass is 550 g/mol. The molecule has 1 unspecified atom stereocenters. The van der Waals surface area contributed by atoms with Crippen LogP contribution in [0.1, 0.15) is 65.4 Å². The smallest absolute Gasteiger partial charge is 0.259 e. The summed E-state index contributed by atoms with van der Waals surface area (Å²) in [6.07, 6.45) is 6.15. The maximum atomic E-state index is 14.1. The van der Waals surface area contributed by atoms with Gasteiger partial charge in [0.2, 0.25) is 11.2 Å². The zero-order valence-corrected chi connectivity index (χ0v) is 23.1. The number of carbonyl (C=O) groups excluding carboxylic acids is 2. The number of ether oxygens (including phenoxy) is 1. The molecule has 0 radical (unpaired) electrons. The molecule has 1 aromatic heterocycles. The zero-order chi connectivity index (χ0) is 28.6. The molecular formula is C34H34N2O5. The van der Waals surface area contributed by atoms with Crippen LogP contribution >= 0.6 is 0 Å². The van der Waals surface area contributed by atoms with Crippen molar-refractivity contribution in [3.8, 4) is 5.75 Å². The maximum Gasteiger partial charge on any atom is 0.259 e. The Balaban J connectivity index is 1.54. The summed E-state index contributed by atoms with van der Waals surface area (Å²) in [5.41, 5.74) is 2.40. The number of anilines is 1. The Morgan fingerprint density at radius 1 is 0.927 bits per heavy atom. The first-order valence-corrected chi connectivity index (χ1v) is 14.0. The van der Waals surface area contributed by atoms with Crippen molar-refractivity contribution in [2.45, 2.75) is 57.7 Å². The summed E-state index contributed by atoms with van der Waals surface area (Å²) in [6.45, 7) is 2.14. The Morgan fingerprint density at radius 3 is 2.24 bits per heavy atom. The minimum Gasteiger partial charge on any atom is -0.482 e. The molecule has 1 fully saturated rings. The Kier molecular flexibility index (Phi) is 8.94. The molecule has 210 valence electrons. The van der Waals surface area contributed by atoms with Crippen molar-refractivity contribution in [2.75, 3.05) is 4.90 Å². The topological polar surface area (TPSA) is 88.9 Å². The summed E-state index contributed by atoms with van der Waals surface area (Å²) < 4.78 is 11.7. The summed E-state index contributed by atoms with van der Waals surface area (Å²) in [5.74, 6) is -0.700. The molecule has 4 aromatic rings. The number of hydrogen-bond donors (Lipinski definition) is 1. The molecule has 1 aliphatic rings. The van der Waals surface area contributed by atoms with E-state index >= 15 is 0 Å². The van der Waals surface area contributed by atoms with Gasteiger partial charge in [-0.1, -0.05) is 85.5 Å². The molecule has 0 bridgehead atoms. The lowest BCUT2D eigenvalue weighted by molar-refractivity contribution is -0.123. The van der Waals surface area contributed by atoms with Crippen LogP contribution in [0.15, 0.2) is 106 Å². The van der Waals surface area contributed by atoms with Crippen LogP contribution < -0.4 is 20.4 Å². The maximum absolute atomic E-state index is 14.1. The predicted molar refractivity (Wildman–Crippen MR) is 158 cm³/mol. The van der Waals surface area contributed by atoms with Crippen LogP contribution in [0.4, 0.5) is 5.69 Å². The van der Waals surface area contributed by atoms with Crippen molar-refractivity contribution < 1.29 is 18.7 Å². The number of hydrogen-bond acceptors (Lipinski definition) is 5. The highest BCUT2D eigenvalue weighted by atomic mass is 16.5. The van der Waals surface area contributed by atoms with Crippen molar-refractivity contribution in [3.05, 3.63) is 130 Å². The van der Waals surface area contributed by atoms with Crippen LogP contribution in [-0.2, 0) is 11.4 Å². The molecule has 1 N–H and O–H groups in total. The summed E-state index contributed by atoms with van der Waals surface area (Å²) in [6, 6.07) is 25.7. The van der Waals surface area contributed by atoms with E-state index in [2.05, 4.69) is 5.32 Å². The first-order chi connectivity index (χ1) is 20.0. The van der Waals surface area contributed by atoms with Gasteiger partial charge in [0.05, 0.1) is 0 Å². The number of aryl methyl sites for hydroxylation is 1. The zero-order valence-electron chi connectivity index (χ0n) is 23.1. The Morgan fingerprint density at radius 2 is 1.59 bits per heavy atom. The molecule has 5 rings (SSSR count). The number of amides is 2. The van der Waals surface area contributed by atoms with Crippen LogP contribution in [0.2, 0.25) is 0 Å². The second-order valence-electron chi connectivity index (χ2n) is 10.4. The Bertz CT molecular complexity index is 1510. The van der Waals surface area contributed by atoms with Gasteiger partial charge in [-0.25, -0.2) is 0 Å². The quantitative estimate of drug-likeness (QED) is 0.262. The van der Waals surface area contributed by atoms with Crippen LogP contribution in [-0.4, -0.2) is 17.9 Å². The molecular weight excluding hydrogens is 516 g/mol. The lowest BCUT2D eigenvalue weighted by atomic mass is 9.95. The van der Waals surface area contributed by atoms with Gasteiger partial charge in [-0.05, 0) is 49.6 Å². The number of nitrogens with zero attached hydrogens (tertiary/aromatic N) is 1. The van der Waals surface area contributed by atoms with E-state index in [0.29, 0.717) is 11.3 Å². The van der Waals surface area contributed by atoms with E-state index in [0.717, 1.165) is 43.2 Å². The molecule has 0 aliphatic heterocycles. The van der Waals surface area contributed by atoms with Crippen LogP contribution in [0.5, 0.6) is 5.75 Å². The van der Waals surface area contributed by atoms with Gasteiger partial charge < -0.3 is 14.5 Å². The van der Waals surface area contributed by atoms with Crippen LogP contribution in [0.25, 0.3) is 0 Å². The standard InChI is InChI=1S/C34H34N2O5/c1-24-17-19-28(20-18-24)36(34(39)26-13-7-3-8-14-26)32(33(38)35-27-15-9-4-10-16-27)30-21-29(37)31(23-41-30)40-22-25-11-5-2-6-12-25/h2-3,5-8,11-14,17-21,23,27,32H,4,9-10,15-16,22H2,1H3,(H,35,38). The summed E-state index contributed by atoms with van der Waals surface area (Å²) >= 11 is 0. The normalized spacial score (nSPS) is 14.2. The van der Waals surface area contributed by atoms with E-state index in [1.807, 2.05) is 55.5 Å². The molecule has 0 saturated heterocycles. The van der Waals surface area contributed by atoms with Crippen molar-refractivity contribution in [2.24, 2.45) is 0 Å². The second-order valence-corrected chi connectivity index (χ2v) is 10.4. The predicted octanol–water partition coefficient (Wildman–Crippen LogP) is 6.36. The molecule has 0 spiro atoms. The second kappa shape index (κ2) is 13.1. The van der Waals surface area contributed by atoms with Gasteiger partial charge in [0.1, 0.15) is 18.6 Å². The largest absolute Gasteiger partial charge is 0.482 e. The van der Waals surface area contributed by atoms with Gasteiger partial charge in [-0.15, -0.1) is 0 Å². The molecule has 2 amide bonds. The van der Waals surface area contributed by atoms with Crippen molar-refractivity contribution in [1.82, 2.24) is 5.32 Å². The van der Waals surface area contributed by atoms with Gasteiger partial charge in [0.15, 0.2) is 6.04 Å². The van der Waals surface area contributed by atoms with E-state index in [-0.39, 0.29) is 30.1 Å². The van der Waals surface area contributed by atoms with Gasteiger partial charge in [0, 0.05) is 23.4 Å². The first kappa shape index (κ1) is 27.9. The molecule has 41 heavy (non-hydrogen) atoms. The number of rotatable bonds is 9. The summed E-state index contributed by atoms with van der Waals surface area (Å²) in [7, 11) is 0. The van der Waals surface area contributed by atoms with E-state index in [1.54, 1.807) is 36.4 Å². The summed E-state index contributed by atoms with van der Waals surface area (Å²) in [5, 5.41) is 3.14. The van der Waals surface area contributed by atoms with Gasteiger partial charge in [-0.3, -0.25) is 19.3 Å². The van der Waals surface area contributed by atoms with Gasteiger partial charge >= 0.3 is 0 Å². The molecule has 7 heteroatoms. The van der Waals surface area contributed by atoms with Crippen molar-refractivity contribution in [1.29, 1.82) is 0 Å². The Labute approximate surface area is 239 Å². The third-order valence-corrected chi connectivity index (χ3v) is 7.33. The average molecular weight is 551 g/mol. The SMILES string of the molecule is Cc1ccc(N(C(=O)c2ccccc2)C(C(=O)NC2CCCCC2)c2cc(=O)c(OCc3ccccc3)co2)cc1. The molecule has 3 aromatic carbocycles. The van der Waals surface area contributed by atoms with E-state index in [4.69, 9.17) is 9.15 Å². The van der Waals surface area contributed by atoms with Gasteiger partial charge in [-0.2, -0.15) is 0 Å². The van der Waals surface area contributed by atoms with E-state index in [1.165, 1.54) is 17.2 Å². The van der Waals surface area contributed by atoms with Gasteiger partial charge in [0.25, 0.3) is 11.8 Å². The molecule has 1 aliphatic carbocycles. The number of nitrogens with one attached hydrogen (secondary N) is 1. The number of benzene rings is 3.